The molecule has 0 aromatic carbocycles. The second kappa shape index (κ2) is 6.04. The van der Waals surface area contributed by atoms with Gasteiger partial charge in [0.05, 0.1) is 6.54 Å². The maximum absolute atomic E-state index is 4.22. The van der Waals surface area contributed by atoms with Crippen LogP contribution in [0.1, 0.15) is 23.6 Å². The minimum Gasteiger partial charge on any atom is -0.352 e. The molecule has 0 amide bonds. The summed E-state index contributed by atoms with van der Waals surface area (Å²) in [6.45, 7) is 2.46. The van der Waals surface area contributed by atoms with Crippen LogP contribution in [0.4, 0.5) is 0 Å². The minimum absolute atomic E-state index is 0.649. The number of aliphatic imine (C=N–C) groups is 1. The van der Waals surface area contributed by atoms with Crippen LogP contribution in [0.2, 0.25) is 0 Å². The van der Waals surface area contributed by atoms with Gasteiger partial charge in [0.1, 0.15) is 5.82 Å². The van der Waals surface area contributed by atoms with Gasteiger partial charge >= 0.3 is 0 Å². The number of nitrogens with one attached hydrogen (secondary N) is 2. The summed E-state index contributed by atoms with van der Waals surface area (Å²) in [7, 11) is 1.77. The summed E-state index contributed by atoms with van der Waals surface area (Å²) in [6, 6.07) is 2.11. The van der Waals surface area contributed by atoms with Crippen molar-refractivity contribution < 1.29 is 0 Å². The number of rotatable bonds is 4. The molecule has 106 valence electrons. The third-order valence-electron chi connectivity index (χ3n) is 3.36. The topological polar surface area (TPSA) is 67.1 Å². The largest absolute Gasteiger partial charge is 0.352 e. The average molecular weight is 290 g/mol. The van der Waals surface area contributed by atoms with E-state index < -0.39 is 0 Å². The molecule has 0 bridgehead atoms. The maximum atomic E-state index is 4.22. The number of hydrogen-bond acceptors (Lipinski definition) is 4. The molecule has 0 unspecified atom stereocenters. The maximum Gasteiger partial charge on any atom is 0.191 e. The highest BCUT2D eigenvalue weighted by Crippen LogP contribution is 2.13. The summed E-state index contributed by atoms with van der Waals surface area (Å²) in [5.41, 5.74) is 1.27. The zero-order chi connectivity index (χ0) is 13.8. The fourth-order valence-electron chi connectivity index (χ4n) is 2.30. The van der Waals surface area contributed by atoms with Gasteiger partial charge in [-0.2, -0.15) is 11.3 Å². The van der Waals surface area contributed by atoms with Crippen LogP contribution in [0, 0.1) is 0 Å². The highest BCUT2D eigenvalue weighted by Gasteiger charge is 2.16. The van der Waals surface area contributed by atoms with Crippen molar-refractivity contribution in [1.82, 2.24) is 25.4 Å². The molecular weight excluding hydrogens is 272 g/mol. The molecule has 1 aliphatic rings. The molecule has 2 N–H and O–H groups in total. The molecule has 7 heteroatoms. The molecular formula is C13H18N6S. The van der Waals surface area contributed by atoms with Crippen LogP contribution >= 0.6 is 11.3 Å². The molecule has 0 atom stereocenters. The number of fused-ring (bicyclic) bond motifs is 1. The molecule has 2 aromatic heterocycles. The van der Waals surface area contributed by atoms with E-state index in [1.165, 1.54) is 12.0 Å². The zero-order valence-corrected chi connectivity index (χ0v) is 12.3. The lowest BCUT2D eigenvalue weighted by Gasteiger charge is -2.11. The first-order chi connectivity index (χ1) is 9.86. The van der Waals surface area contributed by atoms with E-state index in [0.29, 0.717) is 6.54 Å². The number of guanidine groups is 1. The van der Waals surface area contributed by atoms with Crippen LogP contribution in [0.3, 0.4) is 0 Å². The van der Waals surface area contributed by atoms with Gasteiger partial charge in [0.15, 0.2) is 11.8 Å². The highest BCUT2D eigenvalue weighted by atomic mass is 32.1. The van der Waals surface area contributed by atoms with Gasteiger partial charge in [-0.15, -0.1) is 10.2 Å². The predicted molar refractivity (Wildman–Crippen MR) is 79.7 cm³/mol. The molecule has 0 aliphatic carbocycles. The Hall–Kier alpha value is -1.89. The molecule has 0 saturated heterocycles. The zero-order valence-electron chi connectivity index (χ0n) is 11.5. The quantitative estimate of drug-likeness (QED) is 0.655. The van der Waals surface area contributed by atoms with Crippen molar-refractivity contribution in [3.63, 3.8) is 0 Å². The number of hydrogen-bond donors (Lipinski definition) is 2. The van der Waals surface area contributed by atoms with Gasteiger partial charge in [-0.3, -0.25) is 4.99 Å². The van der Waals surface area contributed by atoms with E-state index in [9.17, 15) is 0 Å². The van der Waals surface area contributed by atoms with E-state index in [-0.39, 0.29) is 0 Å². The second-order valence-corrected chi connectivity index (χ2v) is 5.48. The monoisotopic (exact) mass is 290 g/mol. The van der Waals surface area contributed by atoms with Crippen molar-refractivity contribution in [2.45, 2.75) is 32.5 Å². The molecule has 2 aromatic rings. The van der Waals surface area contributed by atoms with E-state index in [1.54, 1.807) is 18.4 Å². The van der Waals surface area contributed by atoms with Crippen LogP contribution in [0.25, 0.3) is 0 Å². The van der Waals surface area contributed by atoms with Crippen LogP contribution in [-0.2, 0) is 26.1 Å². The number of nitrogens with zero attached hydrogens (tertiary/aromatic N) is 4. The van der Waals surface area contributed by atoms with E-state index >= 15 is 0 Å². The summed E-state index contributed by atoms with van der Waals surface area (Å²) < 4.78 is 2.19. The molecule has 0 spiro atoms. The fraction of sp³-hybridized carbons (Fsp3) is 0.462. The predicted octanol–water partition coefficient (Wildman–Crippen LogP) is 1.15. The lowest BCUT2D eigenvalue weighted by atomic mass is 10.3. The van der Waals surface area contributed by atoms with Crippen LogP contribution in [0.15, 0.2) is 21.8 Å². The van der Waals surface area contributed by atoms with Crippen LogP contribution in [-0.4, -0.2) is 27.8 Å². The lowest BCUT2D eigenvalue weighted by Crippen LogP contribution is -2.36. The molecule has 3 rings (SSSR count). The van der Waals surface area contributed by atoms with E-state index in [0.717, 1.165) is 37.1 Å². The first-order valence-electron chi connectivity index (χ1n) is 6.73. The summed E-state index contributed by atoms with van der Waals surface area (Å²) in [5, 5.41) is 19.2. The van der Waals surface area contributed by atoms with Crippen LogP contribution < -0.4 is 10.6 Å². The molecule has 3 heterocycles. The molecule has 20 heavy (non-hydrogen) atoms. The Kier molecular flexibility index (Phi) is 3.96. The van der Waals surface area contributed by atoms with Gasteiger partial charge in [-0.25, -0.2) is 0 Å². The van der Waals surface area contributed by atoms with E-state index in [2.05, 4.69) is 47.2 Å². The summed E-state index contributed by atoms with van der Waals surface area (Å²) >= 11 is 1.70. The Bertz CT molecular complexity index is 586. The molecule has 0 radical (unpaired) electrons. The Balaban J connectivity index is 1.53. The molecule has 0 fully saturated rings. The Labute approximate surface area is 121 Å². The highest BCUT2D eigenvalue weighted by molar-refractivity contribution is 7.07. The van der Waals surface area contributed by atoms with Gasteiger partial charge in [-0.1, -0.05) is 0 Å². The normalized spacial score (nSPS) is 14.3. The number of thiophene rings is 1. The third-order valence-corrected chi connectivity index (χ3v) is 4.10. The number of aryl methyl sites for hydroxylation is 1. The number of aromatic nitrogens is 3. The van der Waals surface area contributed by atoms with Gasteiger partial charge in [0.2, 0.25) is 0 Å². The lowest BCUT2D eigenvalue weighted by molar-refractivity contribution is 0.663. The third kappa shape index (κ3) is 2.82. The first kappa shape index (κ1) is 13.1. The smallest absolute Gasteiger partial charge is 0.191 e. The van der Waals surface area contributed by atoms with Crippen molar-refractivity contribution in [3.05, 3.63) is 34.0 Å². The van der Waals surface area contributed by atoms with Gasteiger partial charge < -0.3 is 15.2 Å². The van der Waals surface area contributed by atoms with Gasteiger partial charge in [0.25, 0.3) is 0 Å². The molecule has 6 nitrogen and oxygen atoms in total. The fourth-order valence-corrected chi connectivity index (χ4v) is 2.97. The van der Waals surface area contributed by atoms with E-state index in [4.69, 9.17) is 0 Å². The Morgan fingerprint density at radius 2 is 2.30 bits per heavy atom. The standard InChI is InChI=1S/C13H18N6S/c1-14-13(15-7-10-4-6-20-9-10)16-8-12-18-17-11-3-2-5-19(11)12/h4,6,9H,2-3,5,7-8H2,1H3,(H2,14,15,16). The van der Waals surface area contributed by atoms with Gasteiger partial charge in [0, 0.05) is 26.6 Å². The van der Waals surface area contributed by atoms with Crippen molar-refractivity contribution in [3.8, 4) is 0 Å². The van der Waals surface area contributed by atoms with Crippen molar-refractivity contribution in [2.24, 2.45) is 4.99 Å². The second-order valence-electron chi connectivity index (χ2n) is 4.70. The summed E-state index contributed by atoms with van der Waals surface area (Å²) in [5.74, 6) is 2.87. The SMILES string of the molecule is CN=C(NCc1ccsc1)NCc1nnc2n1CCC2. The van der Waals surface area contributed by atoms with Crippen molar-refractivity contribution in [2.75, 3.05) is 7.05 Å². The summed E-state index contributed by atoms with van der Waals surface area (Å²) in [4.78, 5) is 4.22. The van der Waals surface area contributed by atoms with Crippen molar-refractivity contribution >= 4 is 17.3 Å². The van der Waals surface area contributed by atoms with Crippen molar-refractivity contribution in [1.29, 1.82) is 0 Å². The minimum atomic E-state index is 0.649. The molecule has 0 saturated carbocycles. The van der Waals surface area contributed by atoms with E-state index in [1.807, 2.05) is 0 Å². The van der Waals surface area contributed by atoms with Gasteiger partial charge in [-0.05, 0) is 28.8 Å². The molecule has 1 aliphatic heterocycles. The Morgan fingerprint density at radius 3 is 3.10 bits per heavy atom. The Morgan fingerprint density at radius 1 is 1.40 bits per heavy atom. The van der Waals surface area contributed by atoms with Crippen LogP contribution in [0.5, 0.6) is 0 Å². The summed E-state index contributed by atoms with van der Waals surface area (Å²) in [6.07, 6.45) is 2.21. The first-order valence-corrected chi connectivity index (χ1v) is 7.67. The average Bonchev–Trinajstić information content (AvgIpc) is 3.17.